The lowest BCUT2D eigenvalue weighted by Crippen LogP contribution is -1.43. The van der Waals surface area contributed by atoms with Crippen LogP contribution in [0.15, 0.2) is 29.8 Å². The Hall–Kier alpha value is -0.850. The Morgan fingerprint density at radius 3 is 1.40 bits per heavy atom. The third kappa shape index (κ3) is 374. The van der Waals surface area contributed by atoms with Crippen molar-refractivity contribution in [3.8, 4) is 0 Å². The molecule has 0 aliphatic heterocycles. The number of nitrogens with zero attached hydrogens (tertiary/aromatic N) is 1. The van der Waals surface area contributed by atoms with Gasteiger partial charge in [0.25, 0.3) is 0 Å². The van der Waals surface area contributed by atoms with Crippen LogP contribution in [-0.4, -0.2) is 13.8 Å². The zero-order chi connectivity index (χ0) is 8.99. The molecule has 1 heteroatoms. The highest BCUT2D eigenvalue weighted by molar-refractivity contribution is 5.22. The second kappa shape index (κ2) is 24.2. The summed E-state index contributed by atoms with van der Waals surface area (Å²) < 4.78 is 0. The average Bonchev–Trinajstić information content (AvgIpc) is 1.65. The largest absolute Gasteiger partial charge is 0.304 e. The molecule has 0 unspecified atom stereocenters. The highest BCUT2D eigenvalue weighted by Crippen LogP contribution is 1.73. The number of rotatable bonds is 0. The molecule has 0 saturated carbocycles. The lowest BCUT2D eigenvalue weighted by atomic mass is 10.4. The number of hydrogen-bond acceptors (Lipinski definition) is 1. The van der Waals surface area contributed by atoms with Crippen molar-refractivity contribution in [3.05, 3.63) is 24.8 Å². The summed E-state index contributed by atoms with van der Waals surface area (Å²) in [7, 11) is 1.64. The van der Waals surface area contributed by atoms with Crippen molar-refractivity contribution in [1.82, 2.24) is 0 Å². The monoisotopic (exact) mass is 141 g/mol. The highest BCUT2D eigenvalue weighted by Gasteiger charge is 1.51. The molecular weight excluding hydrogens is 122 g/mol. The summed E-state index contributed by atoms with van der Waals surface area (Å²) in [4.78, 5) is 3.25. The molecule has 0 atom stereocenters. The van der Waals surface area contributed by atoms with Gasteiger partial charge in [0.1, 0.15) is 0 Å². The lowest BCUT2D eigenvalue weighted by Gasteiger charge is -1.65. The molecule has 0 heterocycles. The molecule has 0 fully saturated rings. The second-order valence-electron chi connectivity index (χ2n) is 1.93. The van der Waals surface area contributed by atoms with Crippen LogP contribution in [0.5, 0.6) is 0 Å². The quantitative estimate of drug-likeness (QED) is 0.363. The molecule has 0 amide bonds. The summed E-state index contributed by atoms with van der Waals surface area (Å²) in [6.07, 6.45) is 1.75. The molecule has 0 bridgehead atoms. The minimum Gasteiger partial charge on any atom is -0.304 e. The van der Waals surface area contributed by atoms with E-state index in [0.717, 1.165) is 0 Å². The van der Waals surface area contributed by atoms with Gasteiger partial charge in [0, 0.05) is 7.05 Å². The molecule has 10 heavy (non-hydrogen) atoms. The molecule has 0 aliphatic rings. The van der Waals surface area contributed by atoms with Crippen LogP contribution in [0.3, 0.4) is 0 Å². The molecule has 60 valence electrons. The maximum absolute atomic E-state index is 3.56. The molecule has 0 aromatic heterocycles. The molecule has 0 aromatic rings. The van der Waals surface area contributed by atoms with E-state index in [1.54, 1.807) is 13.1 Å². The molecular formula is C9H19N. The summed E-state index contributed by atoms with van der Waals surface area (Å²) in [5.41, 5.74) is 1.17. The van der Waals surface area contributed by atoms with E-state index in [9.17, 15) is 0 Å². The topological polar surface area (TPSA) is 12.4 Å². The van der Waals surface area contributed by atoms with Crippen LogP contribution in [0.2, 0.25) is 0 Å². The van der Waals surface area contributed by atoms with Crippen molar-refractivity contribution in [3.63, 3.8) is 0 Å². The van der Waals surface area contributed by atoms with Crippen LogP contribution in [-0.2, 0) is 0 Å². The van der Waals surface area contributed by atoms with E-state index in [1.165, 1.54) is 5.57 Å². The second-order valence-corrected chi connectivity index (χ2v) is 1.93. The van der Waals surface area contributed by atoms with Crippen molar-refractivity contribution < 1.29 is 0 Å². The molecule has 0 aromatic carbocycles. The Labute approximate surface area is 65.2 Å². The van der Waals surface area contributed by atoms with Crippen LogP contribution in [0.4, 0.5) is 0 Å². The number of allylic oxidation sites excluding steroid dienone is 2. The number of hydrogen-bond donors (Lipinski definition) is 0. The van der Waals surface area contributed by atoms with E-state index in [0.29, 0.717) is 0 Å². The van der Waals surface area contributed by atoms with Gasteiger partial charge in [-0.3, -0.25) is 0 Å². The molecule has 0 aliphatic carbocycles. The fourth-order valence-electron chi connectivity index (χ4n) is 0. The van der Waals surface area contributed by atoms with Gasteiger partial charge < -0.3 is 4.99 Å². The SMILES string of the molecule is C=C(C)C.C=CC.C=NC. The Morgan fingerprint density at radius 1 is 1.40 bits per heavy atom. The zero-order valence-electron chi connectivity index (χ0n) is 7.65. The van der Waals surface area contributed by atoms with E-state index in [2.05, 4.69) is 24.9 Å². The fourth-order valence-corrected chi connectivity index (χ4v) is 0. The minimum atomic E-state index is 1.17. The van der Waals surface area contributed by atoms with E-state index >= 15 is 0 Å². The predicted octanol–water partition coefficient (Wildman–Crippen LogP) is 3.09. The van der Waals surface area contributed by atoms with Crippen molar-refractivity contribution in [1.29, 1.82) is 0 Å². The first-order valence-electron chi connectivity index (χ1n) is 3.10. The minimum absolute atomic E-state index is 1.17. The Kier molecular flexibility index (Phi) is 38.9. The first kappa shape index (κ1) is 16.1. The van der Waals surface area contributed by atoms with Crippen molar-refractivity contribution in [2.45, 2.75) is 20.8 Å². The summed E-state index contributed by atoms with van der Waals surface area (Å²) in [5.74, 6) is 0. The van der Waals surface area contributed by atoms with Gasteiger partial charge in [-0.1, -0.05) is 11.6 Å². The normalized spacial score (nSPS) is 5.20. The van der Waals surface area contributed by atoms with Crippen molar-refractivity contribution in [2.24, 2.45) is 4.99 Å². The molecule has 1 nitrogen and oxygen atoms in total. The molecule has 0 N–H and O–H groups in total. The van der Waals surface area contributed by atoms with Gasteiger partial charge >= 0.3 is 0 Å². The lowest BCUT2D eigenvalue weighted by molar-refractivity contribution is 1.42. The zero-order valence-corrected chi connectivity index (χ0v) is 7.65. The summed E-state index contributed by atoms with van der Waals surface area (Å²) in [6, 6.07) is 0. The van der Waals surface area contributed by atoms with Crippen LogP contribution >= 0.6 is 0 Å². The standard InChI is InChI=1S/C4H8.C3H6.C2H5N/c1-4(2)3;2*1-3-2/h1H2,2-3H3;3H,1H2,2H3;1H2,2H3. The van der Waals surface area contributed by atoms with Gasteiger partial charge in [0.05, 0.1) is 0 Å². The first-order chi connectivity index (χ1) is 4.56. The Balaban J connectivity index is -0.0000000750. The average molecular weight is 141 g/mol. The fraction of sp³-hybridized carbons (Fsp3) is 0.444. The van der Waals surface area contributed by atoms with Gasteiger partial charge in [-0.05, 0) is 27.5 Å². The van der Waals surface area contributed by atoms with Crippen LogP contribution in [0.25, 0.3) is 0 Å². The molecule has 0 saturated heterocycles. The van der Waals surface area contributed by atoms with Crippen molar-refractivity contribution >= 4 is 6.72 Å². The highest BCUT2D eigenvalue weighted by atomic mass is 14.6. The predicted molar refractivity (Wildman–Crippen MR) is 51.8 cm³/mol. The van der Waals surface area contributed by atoms with Gasteiger partial charge in [-0.25, -0.2) is 0 Å². The Morgan fingerprint density at radius 2 is 1.40 bits per heavy atom. The van der Waals surface area contributed by atoms with E-state index in [4.69, 9.17) is 0 Å². The maximum atomic E-state index is 3.56. The third-order valence-electron chi connectivity index (χ3n) is 0. The maximum Gasteiger partial charge on any atom is 0.0269 e. The van der Waals surface area contributed by atoms with Gasteiger partial charge in [0.2, 0.25) is 0 Å². The molecule has 0 spiro atoms. The van der Waals surface area contributed by atoms with Crippen LogP contribution in [0, 0.1) is 0 Å². The third-order valence-corrected chi connectivity index (χ3v) is 0. The van der Waals surface area contributed by atoms with Crippen LogP contribution in [0.1, 0.15) is 20.8 Å². The molecule has 0 radical (unpaired) electrons. The number of aliphatic imine (C=N–C) groups is 1. The van der Waals surface area contributed by atoms with E-state index in [-0.39, 0.29) is 0 Å². The van der Waals surface area contributed by atoms with E-state index < -0.39 is 0 Å². The smallest absolute Gasteiger partial charge is 0.0269 e. The summed E-state index contributed by atoms with van der Waals surface area (Å²) in [5, 5.41) is 0. The first-order valence-corrected chi connectivity index (χ1v) is 3.10. The van der Waals surface area contributed by atoms with Gasteiger partial charge in [0.15, 0.2) is 0 Å². The summed E-state index contributed by atoms with van der Waals surface area (Å²) >= 11 is 0. The van der Waals surface area contributed by atoms with E-state index in [1.807, 2.05) is 20.8 Å². The molecule has 0 rings (SSSR count). The van der Waals surface area contributed by atoms with Gasteiger partial charge in [-0.2, -0.15) is 0 Å². The van der Waals surface area contributed by atoms with Gasteiger partial charge in [-0.15, -0.1) is 13.2 Å². The van der Waals surface area contributed by atoms with Crippen LogP contribution < -0.4 is 0 Å². The Bertz CT molecular complexity index is 72.7. The van der Waals surface area contributed by atoms with Crippen molar-refractivity contribution in [2.75, 3.05) is 7.05 Å². The summed E-state index contributed by atoms with van der Waals surface area (Å²) in [6.45, 7) is 15.9.